The average Bonchev–Trinajstić information content (AvgIpc) is 2.20. The molecule has 2 rings (SSSR count). The van der Waals surface area contributed by atoms with Crippen LogP contribution in [0, 0.1) is 0 Å². The summed E-state index contributed by atoms with van der Waals surface area (Å²) in [6.45, 7) is 1.38. The number of halogens is 1. The summed E-state index contributed by atoms with van der Waals surface area (Å²) < 4.78 is 19.1. The molecule has 1 unspecified atom stereocenters. The first-order chi connectivity index (χ1) is 6.31. The van der Waals surface area contributed by atoms with Gasteiger partial charge in [0.15, 0.2) is 0 Å². The topological polar surface area (TPSA) is 21.3 Å². The molecule has 0 bridgehead atoms. The molecule has 1 saturated heterocycles. The molecule has 1 aromatic rings. The predicted octanol–water partition coefficient (Wildman–Crippen LogP) is 1.43. The van der Waals surface area contributed by atoms with Crippen molar-refractivity contribution in [2.75, 3.05) is 19.7 Å². The standard InChI is InChI=1S/C10H12FNO/c11-10(8-12-6-7-13-10)9-4-2-1-3-5-9/h1-5,12H,6-8H2. The molecule has 0 amide bonds. The third-order valence-corrected chi connectivity index (χ3v) is 2.17. The van der Waals surface area contributed by atoms with Gasteiger partial charge in [0.05, 0.1) is 13.2 Å². The Hall–Kier alpha value is -0.930. The highest BCUT2D eigenvalue weighted by Crippen LogP contribution is 2.27. The van der Waals surface area contributed by atoms with Crippen molar-refractivity contribution >= 4 is 0 Å². The Kier molecular flexibility index (Phi) is 2.29. The van der Waals surface area contributed by atoms with Crippen LogP contribution in [0.15, 0.2) is 30.3 Å². The van der Waals surface area contributed by atoms with Crippen LogP contribution in [-0.4, -0.2) is 19.7 Å². The number of alkyl halides is 1. The fourth-order valence-electron chi connectivity index (χ4n) is 1.46. The highest BCUT2D eigenvalue weighted by Gasteiger charge is 2.34. The van der Waals surface area contributed by atoms with Gasteiger partial charge in [0, 0.05) is 12.1 Å². The molecule has 1 heterocycles. The molecule has 1 N–H and O–H groups in total. The van der Waals surface area contributed by atoms with Crippen molar-refractivity contribution < 1.29 is 9.13 Å². The molecule has 0 aromatic heterocycles. The number of nitrogens with one attached hydrogen (secondary N) is 1. The van der Waals surface area contributed by atoms with E-state index < -0.39 is 5.85 Å². The molecule has 70 valence electrons. The lowest BCUT2D eigenvalue weighted by Gasteiger charge is -2.30. The lowest BCUT2D eigenvalue weighted by molar-refractivity contribution is -0.166. The van der Waals surface area contributed by atoms with Crippen LogP contribution in [0.5, 0.6) is 0 Å². The summed E-state index contributed by atoms with van der Waals surface area (Å²) in [6, 6.07) is 8.98. The molecule has 1 atom stereocenters. The van der Waals surface area contributed by atoms with Gasteiger partial charge in [0.25, 0.3) is 0 Å². The zero-order chi connectivity index (χ0) is 9.15. The van der Waals surface area contributed by atoms with E-state index in [1.165, 1.54) is 0 Å². The maximum atomic E-state index is 14.0. The van der Waals surface area contributed by atoms with Crippen LogP contribution in [-0.2, 0) is 10.6 Å². The van der Waals surface area contributed by atoms with Crippen molar-refractivity contribution in [3.8, 4) is 0 Å². The van der Waals surface area contributed by atoms with Crippen molar-refractivity contribution in [2.45, 2.75) is 5.85 Å². The minimum atomic E-state index is -1.64. The molecular weight excluding hydrogens is 169 g/mol. The minimum Gasteiger partial charge on any atom is -0.340 e. The fraction of sp³-hybridized carbons (Fsp3) is 0.400. The second-order valence-corrected chi connectivity index (χ2v) is 3.12. The Labute approximate surface area is 76.7 Å². The number of ether oxygens (including phenoxy) is 1. The molecular formula is C10H12FNO. The highest BCUT2D eigenvalue weighted by molar-refractivity contribution is 5.20. The van der Waals surface area contributed by atoms with Crippen LogP contribution in [0.1, 0.15) is 5.56 Å². The van der Waals surface area contributed by atoms with E-state index in [1.54, 1.807) is 12.1 Å². The first-order valence-electron chi connectivity index (χ1n) is 4.40. The third kappa shape index (κ3) is 1.71. The van der Waals surface area contributed by atoms with Crippen LogP contribution < -0.4 is 5.32 Å². The number of hydrogen-bond donors (Lipinski definition) is 1. The number of morpholine rings is 1. The van der Waals surface area contributed by atoms with Crippen molar-refractivity contribution in [3.63, 3.8) is 0 Å². The lowest BCUT2D eigenvalue weighted by atomic mass is 10.1. The predicted molar refractivity (Wildman–Crippen MR) is 48.0 cm³/mol. The molecule has 0 saturated carbocycles. The van der Waals surface area contributed by atoms with E-state index in [9.17, 15) is 4.39 Å². The van der Waals surface area contributed by atoms with Gasteiger partial charge in [-0.2, -0.15) is 0 Å². The van der Waals surface area contributed by atoms with Gasteiger partial charge in [-0.3, -0.25) is 0 Å². The molecule has 13 heavy (non-hydrogen) atoms. The summed E-state index contributed by atoms with van der Waals surface area (Å²) in [5.41, 5.74) is 0.585. The van der Waals surface area contributed by atoms with Crippen molar-refractivity contribution in [1.29, 1.82) is 0 Å². The number of hydrogen-bond acceptors (Lipinski definition) is 2. The average molecular weight is 181 g/mol. The van der Waals surface area contributed by atoms with Crippen LogP contribution in [0.3, 0.4) is 0 Å². The van der Waals surface area contributed by atoms with Crippen molar-refractivity contribution in [1.82, 2.24) is 5.32 Å². The summed E-state index contributed by atoms with van der Waals surface area (Å²) in [5, 5.41) is 2.97. The number of benzene rings is 1. The maximum Gasteiger partial charge on any atom is 0.248 e. The van der Waals surface area contributed by atoms with Gasteiger partial charge in [-0.25, -0.2) is 4.39 Å². The first kappa shape index (κ1) is 8.66. The molecule has 1 aliphatic rings. The molecule has 0 radical (unpaired) electrons. The summed E-state index contributed by atoms with van der Waals surface area (Å²) in [5.74, 6) is -1.64. The molecule has 1 fully saturated rings. The SMILES string of the molecule is FC1(c2ccccc2)CNCCO1. The van der Waals surface area contributed by atoms with Crippen molar-refractivity contribution in [2.24, 2.45) is 0 Å². The van der Waals surface area contributed by atoms with E-state index in [0.29, 0.717) is 12.2 Å². The van der Waals surface area contributed by atoms with Gasteiger partial charge < -0.3 is 10.1 Å². The van der Waals surface area contributed by atoms with Gasteiger partial charge in [-0.15, -0.1) is 0 Å². The molecule has 2 nitrogen and oxygen atoms in total. The fourth-order valence-corrected chi connectivity index (χ4v) is 1.46. The van der Waals surface area contributed by atoms with Gasteiger partial charge in [0.2, 0.25) is 5.85 Å². The van der Waals surface area contributed by atoms with E-state index in [-0.39, 0.29) is 6.54 Å². The number of rotatable bonds is 1. The van der Waals surface area contributed by atoms with Gasteiger partial charge >= 0.3 is 0 Å². The Morgan fingerprint density at radius 3 is 2.69 bits per heavy atom. The van der Waals surface area contributed by atoms with E-state index in [4.69, 9.17) is 4.74 Å². The normalized spacial score (nSPS) is 28.7. The van der Waals surface area contributed by atoms with Crippen LogP contribution in [0.25, 0.3) is 0 Å². The van der Waals surface area contributed by atoms with Gasteiger partial charge in [-0.05, 0) is 0 Å². The van der Waals surface area contributed by atoms with Crippen LogP contribution in [0.2, 0.25) is 0 Å². The Bertz CT molecular complexity index is 270. The van der Waals surface area contributed by atoms with E-state index in [1.807, 2.05) is 18.2 Å². The maximum absolute atomic E-state index is 14.0. The second kappa shape index (κ2) is 3.44. The summed E-state index contributed by atoms with van der Waals surface area (Å²) in [6.07, 6.45) is 0. The minimum absolute atomic E-state index is 0.233. The highest BCUT2D eigenvalue weighted by atomic mass is 19.2. The van der Waals surface area contributed by atoms with E-state index in [0.717, 1.165) is 6.54 Å². The summed E-state index contributed by atoms with van der Waals surface area (Å²) >= 11 is 0. The first-order valence-corrected chi connectivity index (χ1v) is 4.40. The molecule has 3 heteroatoms. The third-order valence-electron chi connectivity index (χ3n) is 2.17. The Morgan fingerprint density at radius 1 is 1.31 bits per heavy atom. The lowest BCUT2D eigenvalue weighted by Crippen LogP contribution is -2.44. The Morgan fingerprint density at radius 2 is 2.08 bits per heavy atom. The quantitative estimate of drug-likeness (QED) is 0.707. The van der Waals surface area contributed by atoms with Crippen molar-refractivity contribution in [3.05, 3.63) is 35.9 Å². The van der Waals surface area contributed by atoms with Crippen LogP contribution in [0.4, 0.5) is 4.39 Å². The largest absolute Gasteiger partial charge is 0.340 e. The smallest absolute Gasteiger partial charge is 0.248 e. The molecule has 0 aliphatic carbocycles. The summed E-state index contributed by atoms with van der Waals surface area (Å²) in [4.78, 5) is 0. The zero-order valence-electron chi connectivity index (χ0n) is 7.29. The van der Waals surface area contributed by atoms with Gasteiger partial charge in [-0.1, -0.05) is 30.3 Å². The zero-order valence-corrected chi connectivity index (χ0v) is 7.29. The molecule has 1 aliphatic heterocycles. The van der Waals surface area contributed by atoms with E-state index >= 15 is 0 Å². The van der Waals surface area contributed by atoms with Gasteiger partial charge in [0.1, 0.15) is 0 Å². The summed E-state index contributed by atoms with van der Waals surface area (Å²) in [7, 11) is 0. The monoisotopic (exact) mass is 181 g/mol. The second-order valence-electron chi connectivity index (χ2n) is 3.12. The molecule has 0 spiro atoms. The van der Waals surface area contributed by atoms with E-state index in [2.05, 4.69) is 5.32 Å². The van der Waals surface area contributed by atoms with Crippen LogP contribution >= 0.6 is 0 Å². The Balaban J connectivity index is 2.23. The molecule has 1 aromatic carbocycles.